The second kappa shape index (κ2) is 5.83. The van der Waals surface area contributed by atoms with Crippen molar-refractivity contribution in [3.05, 3.63) is 54.1 Å². The Bertz CT molecular complexity index is 501. The average molecular weight is 256 g/mol. The maximum Gasteiger partial charge on any atom is 0.119 e. The smallest absolute Gasteiger partial charge is 0.119 e. The molecular formula is C16H20N2O. The highest BCUT2D eigenvalue weighted by Gasteiger charge is 2.12. The summed E-state index contributed by atoms with van der Waals surface area (Å²) in [6, 6.07) is 8.31. The molecule has 0 unspecified atom stereocenters. The number of aromatic nitrogens is 2. The molecule has 0 fully saturated rings. The molecule has 0 saturated heterocycles. The third kappa shape index (κ3) is 4.05. The van der Waals surface area contributed by atoms with Gasteiger partial charge < -0.3 is 4.74 Å². The van der Waals surface area contributed by atoms with Gasteiger partial charge in [-0.25, -0.2) is 9.97 Å². The zero-order valence-corrected chi connectivity index (χ0v) is 11.8. The molecule has 3 heteroatoms. The molecule has 0 radical (unpaired) electrons. The van der Waals surface area contributed by atoms with Gasteiger partial charge in [-0.05, 0) is 28.7 Å². The molecule has 3 nitrogen and oxygen atoms in total. The molecular weight excluding hydrogens is 236 g/mol. The molecule has 0 amide bonds. The van der Waals surface area contributed by atoms with E-state index < -0.39 is 0 Å². The number of hydrogen-bond acceptors (Lipinski definition) is 3. The van der Waals surface area contributed by atoms with Gasteiger partial charge in [0, 0.05) is 18.8 Å². The normalized spacial score (nSPS) is 11.3. The number of nitrogens with zero attached hydrogens (tertiary/aromatic N) is 2. The van der Waals surface area contributed by atoms with Crippen LogP contribution in [0.4, 0.5) is 0 Å². The summed E-state index contributed by atoms with van der Waals surface area (Å²) < 4.78 is 5.72. The minimum Gasteiger partial charge on any atom is -0.493 e. The van der Waals surface area contributed by atoms with Gasteiger partial charge in [0.05, 0.1) is 6.61 Å². The van der Waals surface area contributed by atoms with E-state index in [9.17, 15) is 0 Å². The number of ether oxygens (including phenoxy) is 1. The van der Waals surface area contributed by atoms with Crippen LogP contribution in [0.15, 0.2) is 43.0 Å². The first-order valence-corrected chi connectivity index (χ1v) is 6.53. The fourth-order valence-corrected chi connectivity index (χ4v) is 1.80. The topological polar surface area (TPSA) is 35.0 Å². The zero-order valence-electron chi connectivity index (χ0n) is 11.8. The summed E-state index contributed by atoms with van der Waals surface area (Å²) in [5.41, 5.74) is 2.59. The fraction of sp³-hybridized carbons (Fsp3) is 0.375. The highest BCUT2D eigenvalue weighted by Crippen LogP contribution is 2.24. The molecule has 19 heavy (non-hydrogen) atoms. The van der Waals surface area contributed by atoms with Gasteiger partial charge in [0.2, 0.25) is 0 Å². The highest BCUT2D eigenvalue weighted by molar-refractivity contribution is 5.31. The van der Waals surface area contributed by atoms with Gasteiger partial charge >= 0.3 is 0 Å². The van der Waals surface area contributed by atoms with E-state index in [1.54, 1.807) is 0 Å². The van der Waals surface area contributed by atoms with Crippen molar-refractivity contribution in [1.29, 1.82) is 0 Å². The molecule has 2 rings (SSSR count). The van der Waals surface area contributed by atoms with Crippen molar-refractivity contribution in [3.8, 4) is 5.75 Å². The second-order valence-electron chi connectivity index (χ2n) is 5.62. The Morgan fingerprint density at radius 1 is 1.00 bits per heavy atom. The van der Waals surface area contributed by atoms with Crippen LogP contribution in [0.3, 0.4) is 0 Å². The molecule has 1 heterocycles. The first-order valence-electron chi connectivity index (χ1n) is 6.53. The SMILES string of the molecule is CC(C)(C)c1ccc(OCCc2cncnc2)cc1. The van der Waals surface area contributed by atoms with Crippen LogP contribution < -0.4 is 4.74 Å². The highest BCUT2D eigenvalue weighted by atomic mass is 16.5. The molecule has 1 aromatic carbocycles. The summed E-state index contributed by atoms with van der Waals surface area (Å²) in [6.45, 7) is 7.26. The monoisotopic (exact) mass is 256 g/mol. The number of hydrogen-bond donors (Lipinski definition) is 0. The predicted octanol–water partition coefficient (Wildman–Crippen LogP) is 3.40. The largest absolute Gasteiger partial charge is 0.493 e. The molecule has 1 aromatic heterocycles. The van der Waals surface area contributed by atoms with Gasteiger partial charge in [-0.3, -0.25) is 0 Å². The lowest BCUT2D eigenvalue weighted by Crippen LogP contribution is -2.10. The maximum absolute atomic E-state index is 5.72. The van der Waals surface area contributed by atoms with Crippen molar-refractivity contribution in [1.82, 2.24) is 9.97 Å². The lowest BCUT2D eigenvalue weighted by molar-refractivity contribution is 0.321. The summed E-state index contributed by atoms with van der Waals surface area (Å²) in [5, 5.41) is 0. The zero-order chi connectivity index (χ0) is 13.7. The van der Waals surface area contributed by atoms with E-state index in [1.807, 2.05) is 24.5 Å². The van der Waals surface area contributed by atoms with Crippen molar-refractivity contribution in [3.63, 3.8) is 0 Å². The first-order chi connectivity index (χ1) is 9.05. The molecule has 0 bridgehead atoms. The van der Waals surface area contributed by atoms with E-state index in [2.05, 4.69) is 42.9 Å². The average Bonchev–Trinajstić information content (AvgIpc) is 2.39. The van der Waals surface area contributed by atoms with Gasteiger partial charge in [0.15, 0.2) is 0 Å². The Morgan fingerprint density at radius 2 is 1.63 bits per heavy atom. The molecule has 2 aromatic rings. The van der Waals surface area contributed by atoms with E-state index in [-0.39, 0.29) is 5.41 Å². The van der Waals surface area contributed by atoms with Crippen molar-refractivity contribution < 1.29 is 4.74 Å². The third-order valence-electron chi connectivity index (χ3n) is 2.99. The lowest BCUT2D eigenvalue weighted by Gasteiger charge is -2.19. The summed E-state index contributed by atoms with van der Waals surface area (Å²) in [4.78, 5) is 7.96. The van der Waals surface area contributed by atoms with Crippen molar-refractivity contribution >= 4 is 0 Å². The van der Waals surface area contributed by atoms with E-state index in [1.165, 1.54) is 11.9 Å². The van der Waals surface area contributed by atoms with Crippen LogP contribution in [-0.2, 0) is 11.8 Å². The molecule has 0 atom stereocenters. The van der Waals surface area contributed by atoms with Gasteiger partial charge in [0.1, 0.15) is 12.1 Å². The molecule has 100 valence electrons. The quantitative estimate of drug-likeness (QED) is 0.841. The Balaban J connectivity index is 1.87. The van der Waals surface area contributed by atoms with E-state index in [4.69, 9.17) is 4.74 Å². The number of rotatable bonds is 4. The molecule has 0 N–H and O–H groups in total. The first kappa shape index (κ1) is 13.5. The molecule has 0 aliphatic heterocycles. The van der Waals surface area contributed by atoms with E-state index in [0.29, 0.717) is 6.61 Å². The molecule has 0 spiro atoms. The van der Waals surface area contributed by atoms with Crippen molar-refractivity contribution in [2.75, 3.05) is 6.61 Å². The van der Waals surface area contributed by atoms with Crippen LogP contribution in [0.25, 0.3) is 0 Å². The molecule has 0 aliphatic carbocycles. The van der Waals surface area contributed by atoms with Gasteiger partial charge in [0.25, 0.3) is 0 Å². The van der Waals surface area contributed by atoms with Crippen LogP contribution in [0.1, 0.15) is 31.9 Å². The fourth-order valence-electron chi connectivity index (χ4n) is 1.80. The van der Waals surface area contributed by atoms with E-state index >= 15 is 0 Å². The third-order valence-corrected chi connectivity index (χ3v) is 2.99. The standard InChI is InChI=1S/C16H20N2O/c1-16(2,3)14-4-6-15(7-5-14)19-9-8-13-10-17-12-18-11-13/h4-7,10-12H,8-9H2,1-3H3. The van der Waals surface area contributed by atoms with Crippen LogP contribution in [0.2, 0.25) is 0 Å². The number of benzene rings is 1. The van der Waals surface area contributed by atoms with Crippen LogP contribution in [-0.4, -0.2) is 16.6 Å². The van der Waals surface area contributed by atoms with Crippen LogP contribution in [0, 0.1) is 0 Å². The maximum atomic E-state index is 5.72. The van der Waals surface area contributed by atoms with Gasteiger partial charge in [-0.2, -0.15) is 0 Å². The van der Waals surface area contributed by atoms with Gasteiger partial charge in [-0.15, -0.1) is 0 Å². The Kier molecular flexibility index (Phi) is 4.15. The molecule has 0 saturated carbocycles. The minimum atomic E-state index is 0.180. The molecule has 0 aliphatic rings. The van der Waals surface area contributed by atoms with Crippen molar-refractivity contribution in [2.24, 2.45) is 0 Å². The predicted molar refractivity (Wildman–Crippen MR) is 76.4 cm³/mol. The van der Waals surface area contributed by atoms with Crippen molar-refractivity contribution in [2.45, 2.75) is 32.6 Å². The van der Waals surface area contributed by atoms with Crippen LogP contribution >= 0.6 is 0 Å². The van der Waals surface area contributed by atoms with E-state index in [0.717, 1.165) is 17.7 Å². The lowest BCUT2D eigenvalue weighted by atomic mass is 9.87. The summed E-state index contributed by atoms with van der Waals surface area (Å²) >= 11 is 0. The minimum absolute atomic E-state index is 0.180. The summed E-state index contributed by atoms with van der Waals surface area (Å²) in [5.74, 6) is 0.907. The second-order valence-corrected chi connectivity index (χ2v) is 5.62. The van der Waals surface area contributed by atoms with Crippen LogP contribution in [0.5, 0.6) is 5.75 Å². The Labute approximate surface area is 114 Å². The summed E-state index contributed by atoms with van der Waals surface area (Å²) in [6.07, 6.45) is 6.00. The Hall–Kier alpha value is -1.90. The summed E-state index contributed by atoms with van der Waals surface area (Å²) in [7, 11) is 0. The van der Waals surface area contributed by atoms with Gasteiger partial charge in [-0.1, -0.05) is 32.9 Å². The Morgan fingerprint density at radius 3 is 2.21 bits per heavy atom.